The molecule has 5 rings (SSSR count). The van der Waals surface area contributed by atoms with E-state index in [1.165, 1.54) is 18.4 Å². The Kier molecular flexibility index (Phi) is 8.36. The van der Waals surface area contributed by atoms with Gasteiger partial charge in [-0.05, 0) is 48.5 Å². The number of benzene rings is 1. The monoisotopic (exact) mass is 479 g/mol. The SMILES string of the molecule is CCCC(=O)N(CCN1CCN(C(=O)C(CC)c2ccccc2)CC1)CC1=CCC2CC1C2(C)C. The van der Waals surface area contributed by atoms with Crippen molar-refractivity contribution in [1.29, 1.82) is 0 Å². The van der Waals surface area contributed by atoms with E-state index >= 15 is 0 Å². The topological polar surface area (TPSA) is 43.9 Å². The van der Waals surface area contributed by atoms with Crippen molar-refractivity contribution in [3.8, 4) is 0 Å². The normalized spacial score (nSPS) is 24.3. The fourth-order valence-electron chi connectivity index (χ4n) is 6.45. The Hall–Kier alpha value is -2.14. The molecule has 2 bridgehead atoms. The Morgan fingerprint density at radius 2 is 1.80 bits per heavy atom. The van der Waals surface area contributed by atoms with Gasteiger partial charge in [-0.2, -0.15) is 0 Å². The molecule has 2 fully saturated rings. The number of hydrogen-bond acceptors (Lipinski definition) is 3. The van der Waals surface area contributed by atoms with E-state index in [2.05, 4.69) is 55.7 Å². The molecule has 3 atom stereocenters. The second-order valence-corrected chi connectivity index (χ2v) is 11.4. The second-order valence-electron chi connectivity index (χ2n) is 11.4. The molecule has 1 heterocycles. The quantitative estimate of drug-likeness (QED) is 0.446. The first-order chi connectivity index (χ1) is 16.8. The lowest BCUT2D eigenvalue weighted by Gasteiger charge is -2.57. The third-order valence-corrected chi connectivity index (χ3v) is 9.05. The summed E-state index contributed by atoms with van der Waals surface area (Å²) in [6.07, 6.45) is 7.25. The smallest absolute Gasteiger partial charge is 0.230 e. The van der Waals surface area contributed by atoms with Crippen LogP contribution < -0.4 is 0 Å². The molecule has 2 amide bonds. The number of hydrogen-bond donors (Lipinski definition) is 0. The van der Waals surface area contributed by atoms with Crippen LogP contribution in [0.4, 0.5) is 0 Å². The average Bonchev–Trinajstić information content (AvgIpc) is 2.88. The zero-order chi connectivity index (χ0) is 25.0. The van der Waals surface area contributed by atoms with E-state index in [0.29, 0.717) is 17.8 Å². The molecule has 0 radical (unpaired) electrons. The average molecular weight is 480 g/mol. The molecule has 5 nitrogen and oxygen atoms in total. The van der Waals surface area contributed by atoms with Crippen LogP contribution in [0, 0.1) is 17.3 Å². The van der Waals surface area contributed by atoms with E-state index in [1.54, 1.807) is 0 Å². The van der Waals surface area contributed by atoms with Gasteiger partial charge in [0, 0.05) is 52.2 Å². The minimum atomic E-state index is -0.0518. The van der Waals surface area contributed by atoms with Crippen molar-refractivity contribution in [2.75, 3.05) is 45.8 Å². The highest BCUT2D eigenvalue weighted by molar-refractivity contribution is 5.83. The molecule has 1 saturated heterocycles. The number of fused-ring (bicyclic) bond motifs is 1. The molecule has 3 unspecified atom stereocenters. The van der Waals surface area contributed by atoms with E-state index in [0.717, 1.165) is 70.1 Å². The molecule has 4 aliphatic rings. The molecule has 0 N–H and O–H groups in total. The van der Waals surface area contributed by atoms with Crippen LogP contribution in [0.25, 0.3) is 0 Å². The molecule has 1 aromatic rings. The van der Waals surface area contributed by atoms with Crippen molar-refractivity contribution in [2.45, 2.75) is 65.7 Å². The number of nitrogens with zero attached hydrogens (tertiary/aromatic N) is 3. The zero-order valence-electron chi connectivity index (χ0n) is 22.3. The first kappa shape index (κ1) is 25.9. The Labute approximate surface area is 212 Å². The molecular formula is C30H45N3O2. The summed E-state index contributed by atoms with van der Waals surface area (Å²) in [5.74, 6) is 1.95. The number of carbonyl (C=O) groups excluding carboxylic acids is 2. The van der Waals surface area contributed by atoms with Gasteiger partial charge < -0.3 is 9.80 Å². The fourth-order valence-corrected chi connectivity index (χ4v) is 6.45. The van der Waals surface area contributed by atoms with Crippen molar-refractivity contribution in [3.63, 3.8) is 0 Å². The van der Waals surface area contributed by atoms with Gasteiger partial charge in [0.15, 0.2) is 0 Å². The number of piperazine rings is 1. The molecule has 5 heteroatoms. The van der Waals surface area contributed by atoms with Gasteiger partial charge in [-0.1, -0.05) is 69.7 Å². The number of rotatable bonds is 10. The predicted octanol–water partition coefficient (Wildman–Crippen LogP) is 4.95. The highest BCUT2D eigenvalue weighted by atomic mass is 16.2. The number of amides is 2. The van der Waals surface area contributed by atoms with E-state index in [4.69, 9.17) is 0 Å². The van der Waals surface area contributed by atoms with Gasteiger partial charge in [0.05, 0.1) is 5.92 Å². The minimum absolute atomic E-state index is 0.0518. The van der Waals surface area contributed by atoms with Crippen molar-refractivity contribution in [2.24, 2.45) is 17.3 Å². The van der Waals surface area contributed by atoms with Crippen LogP contribution in [-0.4, -0.2) is 72.3 Å². The van der Waals surface area contributed by atoms with Crippen LogP contribution in [0.1, 0.15) is 71.3 Å². The summed E-state index contributed by atoms with van der Waals surface area (Å²) in [5.41, 5.74) is 3.00. The molecule has 1 aliphatic heterocycles. The second kappa shape index (κ2) is 11.3. The third-order valence-electron chi connectivity index (χ3n) is 9.05. The maximum atomic E-state index is 13.2. The largest absolute Gasteiger partial charge is 0.340 e. The van der Waals surface area contributed by atoms with E-state index in [9.17, 15) is 9.59 Å². The summed E-state index contributed by atoms with van der Waals surface area (Å²) >= 11 is 0. The van der Waals surface area contributed by atoms with Crippen molar-refractivity contribution >= 4 is 11.8 Å². The summed E-state index contributed by atoms with van der Waals surface area (Å²) in [6.45, 7) is 14.8. The molecule has 3 aliphatic carbocycles. The Morgan fingerprint density at radius 3 is 2.40 bits per heavy atom. The molecule has 35 heavy (non-hydrogen) atoms. The van der Waals surface area contributed by atoms with Crippen molar-refractivity contribution < 1.29 is 9.59 Å². The van der Waals surface area contributed by atoms with Crippen molar-refractivity contribution in [3.05, 3.63) is 47.5 Å². The Bertz CT molecular complexity index is 901. The van der Waals surface area contributed by atoms with Gasteiger partial charge in [-0.3, -0.25) is 14.5 Å². The fraction of sp³-hybridized carbons (Fsp3) is 0.667. The van der Waals surface area contributed by atoms with Gasteiger partial charge in [0.25, 0.3) is 0 Å². The number of carbonyl (C=O) groups is 2. The van der Waals surface area contributed by atoms with Crippen molar-refractivity contribution in [1.82, 2.24) is 14.7 Å². The van der Waals surface area contributed by atoms with Crippen LogP contribution in [0.15, 0.2) is 42.0 Å². The molecule has 1 aromatic carbocycles. The first-order valence-corrected chi connectivity index (χ1v) is 13.9. The number of allylic oxidation sites excluding steroid dienone is 1. The van der Waals surface area contributed by atoms with E-state index < -0.39 is 0 Å². The summed E-state index contributed by atoms with van der Waals surface area (Å²) in [5, 5.41) is 0. The molecular weight excluding hydrogens is 434 g/mol. The van der Waals surface area contributed by atoms with E-state index in [1.807, 2.05) is 23.1 Å². The highest BCUT2D eigenvalue weighted by Gasteiger charge is 2.51. The minimum Gasteiger partial charge on any atom is -0.340 e. The highest BCUT2D eigenvalue weighted by Crippen LogP contribution is 2.59. The van der Waals surface area contributed by atoms with Crippen LogP contribution in [0.2, 0.25) is 0 Å². The molecule has 0 aromatic heterocycles. The summed E-state index contributed by atoms with van der Waals surface area (Å²) in [4.78, 5) is 32.8. The standard InChI is InChI=1S/C30H45N3O2/c1-5-10-28(34)33(22-24-13-14-25-21-27(24)30(25,3)4)20-17-31-15-18-32(19-16-31)29(35)26(6-2)23-11-8-7-9-12-23/h7-9,11-13,25-27H,5-6,10,14-22H2,1-4H3. The van der Waals surface area contributed by atoms with Gasteiger partial charge in [0.2, 0.25) is 11.8 Å². The Morgan fingerprint density at radius 1 is 1.09 bits per heavy atom. The third kappa shape index (κ3) is 5.66. The summed E-state index contributed by atoms with van der Waals surface area (Å²) < 4.78 is 0. The van der Waals surface area contributed by atoms with Crippen LogP contribution in [-0.2, 0) is 9.59 Å². The Balaban J connectivity index is 1.29. The predicted molar refractivity (Wildman–Crippen MR) is 142 cm³/mol. The van der Waals surface area contributed by atoms with Gasteiger partial charge in [-0.15, -0.1) is 0 Å². The maximum absolute atomic E-state index is 13.2. The lowest BCUT2D eigenvalue weighted by Crippen LogP contribution is -2.52. The molecule has 192 valence electrons. The van der Waals surface area contributed by atoms with Gasteiger partial charge in [-0.25, -0.2) is 0 Å². The van der Waals surface area contributed by atoms with Gasteiger partial charge >= 0.3 is 0 Å². The van der Waals surface area contributed by atoms with E-state index in [-0.39, 0.29) is 17.7 Å². The maximum Gasteiger partial charge on any atom is 0.230 e. The zero-order valence-corrected chi connectivity index (χ0v) is 22.3. The summed E-state index contributed by atoms with van der Waals surface area (Å²) in [6, 6.07) is 10.2. The van der Waals surface area contributed by atoms with Crippen LogP contribution in [0.5, 0.6) is 0 Å². The van der Waals surface area contributed by atoms with Crippen LogP contribution in [0.3, 0.4) is 0 Å². The lowest BCUT2D eigenvalue weighted by molar-refractivity contribution is -0.134. The lowest BCUT2D eigenvalue weighted by atomic mass is 9.49. The van der Waals surface area contributed by atoms with Crippen LogP contribution >= 0.6 is 0 Å². The first-order valence-electron chi connectivity index (χ1n) is 13.9. The van der Waals surface area contributed by atoms with Gasteiger partial charge in [0.1, 0.15) is 0 Å². The molecule has 1 saturated carbocycles. The molecule has 0 spiro atoms. The summed E-state index contributed by atoms with van der Waals surface area (Å²) in [7, 11) is 0.